The molecule has 0 bridgehead atoms. The zero-order chi connectivity index (χ0) is 31.6. The molecule has 0 aromatic heterocycles. The standard InChI is InChI=1S/C44H48Si/c1-6-7-8-15-30-45(4,5)44-32-36(31-42(37-16-11-9-12-17-37)39-25-20-34(2)21-26-39)24-29-41(44)33-43(38-18-13-10-14-19-38)40-27-22-35(3)23-28-40/h9-14,16-29,31-33H,6-8,15,30H2,1-5H3/q-1/b42-31+,43-33+. The van der Waals surface area contributed by atoms with Gasteiger partial charge in [0.25, 0.3) is 0 Å². The van der Waals surface area contributed by atoms with Crippen LogP contribution in [0.5, 0.6) is 0 Å². The highest BCUT2D eigenvalue weighted by Crippen LogP contribution is 2.30. The van der Waals surface area contributed by atoms with Gasteiger partial charge < -0.3 is 0 Å². The third-order valence-corrected chi connectivity index (χ3v) is 12.5. The van der Waals surface area contributed by atoms with Crippen LogP contribution in [0.1, 0.15) is 77.1 Å². The molecular weight excluding hydrogens is 557 g/mol. The van der Waals surface area contributed by atoms with E-state index in [9.17, 15) is 0 Å². The van der Waals surface area contributed by atoms with E-state index in [-0.39, 0.29) is 0 Å². The SMILES string of the molecule is CCCCCC[Si-](C)(C)c1cc(/C=C(\c2ccccc2)c2ccc(C)cc2)ccc1/C=C(\c1ccccc1)c1ccc(C)cc1. The van der Waals surface area contributed by atoms with Crippen molar-refractivity contribution in [3.8, 4) is 0 Å². The van der Waals surface area contributed by atoms with Gasteiger partial charge in [-0.25, -0.2) is 0 Å². The van der Waals surface area contributed by atoms with E-state index in [4.69, 9.17) is 0 Å². The Morgan fingerprint density at radius 2 is 1.02 bits per heavy atom. The van der Waals surface area contributed by atoms with E-state index in [0.29, 0.717) is 0 Å². The number of unbranched alkanes of at least 4 members (excludes halogenated alkanes) is 3. The summed E-state index contributed by atoms with van der Waals surface area (Å²) in [6, 6.07) is 48.2. The second-order valence-corrected chi connectivity index (χ2v) is 17.9. The van der Waals surface area contributed by atoms with Crippen molar-refractivity contribution in [2.45, 2.75) is 65.6 Å². The van der Waals surface area contributed by atoms with Crippen LogP contribution in [0.3, 0.4) is 0 Å². The summed E-state index contributed by atoms with van der Waals surface area (Å²) in [5.74, 6) is 0. The van der Waals surface area contributed by atoms with E-state index in [1.54, 1.807) is 5.19 Å². The van der Waals surface area contributed by atoms with Crippen LogP contribution in [0.4, 0.5) is 0 Å². The smallest absolute Gasteiger partial charge is 0.0105 e. The normalized spacial score (nSPS) is 12.4. The number of aryl methyl sites for hydroxylation is 2. The summed E-state index contributed by atoms with van der Waals surface area (Å²) in [7, 11) is -1.77. The van der Waals surface area contributed by atoms with Crippen LogP contribution < -0.4 is 5.19 Å². The largest absolute Gasteiger partial charge is 0.177 e. The maximum Gasteiger partial charge on any atom is -0.0105 e. The Hall–Kier alpha value is -4.20. The third-order valence-electron chi connectivity index (χ3n) is 8.97. The molecule has 0 saturated carbocycles. The summed E-state index contributed by atoms with van der Waals surface area (Å²) in [5.41, 5.74) is 12.7. The maximum absolute atomic E-state index is 2.57. The molecule has 0 aliphatic heterocycles. The highest BCUT2D eigenvalue weighted by molar-refractivity contribution is 6.90. The molecule has 0 fully saturated rings. The predicted octanol–water partition coefficient (Wildman–Crippen LogP) is 12.0. The average Bonchev–Trinajstić information content (AvgIpc) is 3.06. The Bertz CT molecular complexity index is 1720. The van der Waals surface area contributed by atoms with Crippen molar-refractivity contribution in [2.75, 3.05) is 0 Å². The van der Waals surface area contributed by atoms with Gasteiger partial charge in [0.2, 0.25) is 0 Å². The molecule has 0 nitrogen and oxygen atoms in total. The molecule has 0 atom stereocenters. The summed E-state index contributed by atoms with van der Waals surface area (Å²) in [6.45, 7) is 11.8. The van der Waals surface area contributed by atoms with E-state index in [2.05, 4.69) is 173 Å². The molecule has 0 unspecified atom stereocenters. The van der Waals surface area contributed by atoms with Crippen LogP contribution in [-0.4, -0.2) is 8.07 Å². The molecule has 229 valence electrons. The number of rotatable bonds is 12. The quantitative estimate of drug-likeness (QED) is 0.0755. The molecule has 0 saturated heterocycles. The molecule has 1 heteroatoms. The number of benzene rings is 5. The van der Waals surface area contributed by atoms with E-state index >= 15 is 0 Å². The van der Waals surface area contributed by atoms with Crippen molar-refractivity contribution < 1.29 is 0 Å². The first-order valence-corrected chi connectivity index (χ1v) is 19.9. The minimum Gasteiger partial charge on any atom is -0.177 e. The van der Waals surface area contributed by atoms with Gasteiger partial charge in [0.05, 0.1) is 0 Å². The molecule has 0 spiro atoms. The van der Waals surface area contributed by atoms with Gasteiger partial charge in [-0.05, 0) is 65.0 Å². The fraction of sp³-hybridized carbons (Fsp3) is 0.227. The lowest BCUT2D eigenvalue weighted by molar-refractivity contribution is 0.697. The second kappa shape index (κ2) is 15.2. The lowest BCUT2D eigenvalue weighted by Gasteiger charge is -2.37. The van der Waals surface area contributed by atoms with E-state index in [0.717, 1.165) is 0 Å². The molecule has 5 aromatic rings. The Morgan fingerprint density at radius 1 is 0.533 bits per heavy atom. The van der Waals surface area contributed by atoms with Crippen molar-refractivity contribution >= 4 is 36.6 Å². The molecule has 0 amide bonds. The van der Waals surface area contributed by atoms with Crippen molar-refractivity contribution in [1.29, 1.82) is 0 Å². The molecule has 0 aliphatic carbocycles. The molecule has 5 aromatic carbocycles. The molecule has 0 radical (unpaired) electrons. The van der Waals surface area contributed by atoms with Crippen LogP contribution in [0.2, 0.25) is 19.1 Å². The minimum absolute atomic E-state index is 1.24. The monoisotopic (exact) mass is 604 g/mol. The van der Waals surface area contributed by atoms with Crippen molar-refractivity contribution in [2.24, 2.45) is 0 Å². The Balaban J connectivity index is 1.67. The third kappa shape index (κ3) is 8.50. The molecular formula is C44H48Si-. The summed E-state index contributed by atoms with van der Waals surface area (Å²) < 4.78 is 0. The van der Waals surface area contributed by atoms with Gasteiger partial charge in [0, 0.05) is 0 Å². The summed E-state index contributed by atoms with van der Waals surface area (Å²) in [4.78, 5) is 0. The molecule has 45 heavy (non-hydrogen) atoms. The van der Waals surface area contributed by atoms with Gasteiger partial charge in [-0.1, -0.05) is 177 Å². The zero-order valence-corrected chi connectivity index (χ0v) is 28.8. The Morgan fingerprint density at radius 3 is 1.53 bits per heavy atom. The van der Waals surface area contributed by atoms with Crippen LogP contribution in [0, 0.1) is 13.8 Å². The molecule has 5 rings (SSSR count). The van der Waals surface area contributed by atoms with E-state index < -0.39 is 8.07 Å². The van der Waals surface area contributed by atoms with Gasteiger partial charge in [0.1, 0.15) is 0 Å². The number of hydrogen-bond donors (Lipinski definition) is 0. The van der Waals surface area contributed by atoms with Crippen molar-refractivity contribution in [3.05, 3.63) is 172 Å². The first-order chi connectivity index (χ1) is 21.8. The fourth-order valence-electron chi connectivity index (χ4n) is 6.19. The zero-order valence-electron chi connectivity index (χ0n) is 27.8. The van der Waals surface area contributed by atoms with Gasteiger partial charge in [-0.2, -0.15) is 24.3 Å². The lowest BCUT2D eigenvalue weighted by atomic mass is 9.93. The van der Waals surface area contributed by atoms with Gasteiger partial charge >= 0.3 is 0 Å². The minimum atomic E-state index is -1.77. The topological polar surface area (TPSA) is 0 Å². The van der Waals surface area contributed by atoms with Gasteiger partial charge in [0.15, 0.2) is 0 Å². The van der Waals surface area contributed by atoms with Crippen molar-refractivity contribution in [3.63, 3.8) is 0 Å². The van der Waals surface area contributed by atoms with Crippen LogP contribution in [0.25, 0.3) is 23.3 Å². The summed E-state index contributed by atoms with van der Waals surface area (Å²) in [5, 5.41) is 1.55. The Kier molecular flexibility index (Phi) is 10.9. The fourth-order valence-corrected chi connectivity index (χ4v) is 9.09. The van der Waals surface area contributed by atoms with Crippen molar-refractivity contribution in [1.82, 2.24) is 0 Å². The molecule has 0 heterocycles. The van der Waals surface area contributed by atoms with Crippen LogP contribution in [0.15, 0.2) is 127 Å². The number of hydrogen-bond acceptors (Lipinski definition) is 0. The summed E-state index contributed by atoms with van der Waals surface area (Å²) >= 11 is 0. The molecule has 0 N–H and O–H groups in total. The average molecular weight is 605 g/mol. The predicted molar refractivity (Wildman–Crippen MR) is 202 cm³/mol. The second-order valence-electron chi connectivity index (χ2n) is 13.1. The van der Waals surface area contributed by atoms with Crippen LogP contribution >= 0.6 is 0 Å². The highest BCUT2D eigenvalue weighted by Gasteiger charge is 2.16. The van der Waals surface area contributed by atoms with Gasteiger partial charge in [-0.15, -0.1) is 8.07 Å². The van der Waals surface area contributed by atoms with E-state index in [1.165, 1.54) is 87.4 Å². The lowest BCUT2D eigenvalue weighted by Crippen LogP contribution is -2.43. The first kappa shape index (κ1) is 32.2. The highest BCUT2D eigenvalue weighted by atomic mass is 28.3. The Labute approximate surface area is 273 Å². The first-order valence-electron chi connectivity index (χ1n) is 16.7. The molecule has 0 aliphatic rings. The van der Waals surface area contributed by atoms with Gasteiger partial charge in [-0.3, -0.25) is 0 Å². The summed E-state index contributed by atoms with van der Waals surface area (Å²) in [6.07, 6.45) is 10.1. The van der Waals surface area contributed by atoms with E-state index in [1.807, 2.05) is 0 Å². The van der Waals surface area contributed by atoms with Crippen LogP contribution in [-0.2, 0) is 0 Å². The maximum atomic E-state index is 2.57.